The van der Waals surface area contributed by atoms with Gasteiger partial charge in [0.1, 0.15) is 12.1 Å². The number of nitrogens with zero attached hydrogens (tertiary/aromatic N) is 6. The van der Waals surface area contributed by atoms with E-state index in [0.29, 0.717) is 33.5 Å². The van der Waals surface area contributed by atoms with Gasteiger partial charge < -0.3 is 0 Å². The molecule has 0 bridgehead atoms. The van der Waals surface area contributed by atoms with Gasteiger partial charge in [0, 0.05) is 54.9 Å². The van der Waals surface area contributed by atoms with Crippen molar-refractivity contribution in [1.29, 1.82) is 10.5 Å². The molecule has 6 nitrogen and oxygen atoms in total. The third-order valence-electron chi connectivity index (χ3n) is 17.2. The normalized spacial score (nSPS) is 11.4. The molecule has 0 fully saturated rings. The molecule has 88 heavy (non-hydrogen) atoms. The molecule has 0 saturated carbocycles. The highest BCUT2D eigenvalue weighted by Crippen LogP contribution is 2.48. The summed E-state index contributed by atoms with van der Waals surface area (Å²) in [6, 6.07) is 106. The summed E-state index contributed by atoms with van der Waals surface area (Å²) in [5.74, 6) is 0. The van der Waals surface area contributed by atoms with E-state index in [9.17, 15) is 10.5 Å². The zero-order chi connectivity index (χ0) is 58.7. The first-order valence-electron chi connectivity index (χ1n) is 29.4. The van der Waals surface area contributed by atoms with Crippen LogP contribution in [0.4, 0.5) is 0 Å². The van der Waals surface area contributed by atoms with Crippen LogP contribution < -0.4 is 0 Å². The zero-order valence-electron chi connectivity index (χ0n) is 47.4. The van der Waals surface area contributed by atoms with Gasteiger partial charge in [0.15, 0.2) is 0 Å². The molecule has 406 valence electrons. The minimum Gasteiger partial charge on any atom is -0.245 e. The van der Waals surface area contributed by atoms with Crippen LogP contribution in [-0.2, 0) is 0 Å². The van der Waals surface area contributed by atoms with E-state index in [0.717, 1.165) is 143 Å². The van der Waals surface area contributed by atoms with Crippen LogP contribution in [-0.4, -0.2) is 19.9 Å². The van der Waals surface area contributed by atoms with Crippen molar-refractivity contribution < 1.29 is 0 Å². The highest BCUT2D eigenvalue weighted by Gasteiger charge is 2.26. The third kappa shape index (κ3) is 8.55. The highest BCUT2D eigenvalue weighted by atomic mass is 14.8. The molecule has 0 aliphatic carbocycles. The Hall–Kier alpha value is -12.2. The molecule has 0 radical (unpaired) electrons. The number of hydrogen-bond donors (Lipinski definition) is 0. The Morgan fingerprint density at radius 3 is 0.841 bits per heavy atom. The van der Waals surface area contributed by atoms with Gasteiger partial charge in [-0.15, -0.1) is 0 Å². The number of fused-ring (bicyclic) bond motifs is 8. The average molecular weight is 1120 g/mol. The summed E-state index contributed by atoms with van der Waals surface area (Å²) in [4.78, 5) is 22.0. The van der Waals surface area contributed by atoms with Crippen molar-refractivity contribution in [2.75, 3.05) is 0 Å². The first-order valence-corrected chi connectivity index (χ1v) is 29.4. The maximum absolute atomic E-state index is 11.5. The van der Waals surface area contributed by atoms with E-state index >= 15 is 0 Å². The van der Waals surface area contributed by atoms with Crippen LogP contribution in [0.5, 0.6) is 0 Å². The Kier molecular flexibility index (Phi) is 12.5. The van der Waals surface area contributed by atoms with Gasteiger partial charge in [0.2, 0.25) is 0 Å². The largest absolute Gasteiger partial charge is 0.245 e. The van der Waals surface area contributed by atoms with Gasteiger partial charge >= 0.3 is 0 Å². The summed E-state index contributed by atoms with van der Waals surface area (Å²) in [5.41, 5.74) is 20.1. The van der Waals surface area contributed by atoms with Crippen molar-refractivity contribution in [2.24, 2.45) is 0 Å². The van der Waals surface area contributed by atoms with Crippen molar-refractivity contribution in [3.05, 3.63) is 302 Å². The lowest BCUT2D eigenvalue weighted by Crippen LogP contribution is -2.00. The van der Waals surface area contributed by atoms with Crippen molar-refractivity contribution in [3.63, 3.8) is 0 Å². The van der Waals surface area contributed by atoms with Gasteiger partial charge in [-0.25, -0.2) is 19.9 Å². The fourth-order valence-corrected chi connectivity index (χ4v) is 13.2. The molecular weight excluding hydrogens is 1070 g/mol. The molecular formula is C82H48N6. The molecule has 0 aliphatic heterocycles. The number of pyridine rings is 4. The quantitative estimate of drug-likeness (QED) is 0.134. The Morgan fingerprint density at radius 1 is 0.216 bits per heavy atom. The van der Waals surface area contributed by atoms with Crippen molar-refractivity contribution >= 4 is 65.2 Å². The molecule has 0 saturated heterocycles. The van der Waals surface area contributed by atoms with E-state index in [2.05, 4.69) is 194 Å². The van der Waals surface area contributed by atoms with E-state index in [1.807, 2.05) is 109 Å². The van der Waals surface area contributed by atoms with Crippen LogP contribution in [0.1, 0.15) is 11.1 Å². The Morgan fingerprint density at radius 2 is 0.500 bits per heavy atom. The molecule has 0 atom stereocenters. The van der Waals surface area contributed by atoms with Crippen molar-refractivity contribution in [3.8, 4) is 113 Å². The third-order valence-corrected chi connectivity index (χ3v) is 17.2. The summed E-state index contributed by atoms with van der Waals surface area (Å²) in [6.45, 7) is 0. The van der Waals surface area contributed by atoms with E-state index in [1.54, 1.807) is 0 Å². The summed E-state index contributed by atoms with van der Waals surface area (Å²) in [5, 5.41) is 30.7. The van der Waals surface area contributed by atoms with Gasteiger partial charge in [0.25, 0.3) is 0 Å². The van der Waals surface area contributed by atoms with Gasteiger partial charge in [0.05, 0.1) is 56.0 Å². The fraction of sp³-hybridized carbons (Fsp3) is 0. The average Bonchev–Trinajstić information content (AvgIpc) is 0.939. The van der Waals surface area contributed by atoms with E-state index in [1.165, 1.54) is 0 Å². The molecule has 12 aromatic carbocycles. The molecule has 0 spiro atoms. The SMILES string of the molecule is N#Cc1c(-c2ccccc2)nc2c(ccc3c(-c4ccccc4)cc(-c4ccccc4)nc32)c1-c1cccc2c(-c3cccc4c(-c5c(C#N)c(-c6ccccc6)nc6c5ccc5c(-c7ccccc7)cc(-c7ccccc7)nc56)cccc34)cccc12. The summed E-state index contributed by atoms with van der Waals surface area (Å²) in [6.07, 6.45) is 0. The Bertz CT molecular complexity index is 5200. The second kappa shape index (κ2) is 21.4. The molecule has 16 aromatic rings. The second-order valence-corrected chi connectivity index (χ2v) is 22.1. The van der Waals surface area contributed by atoms with Crippen molar-refractivity contribution in [2.45, 2.75) is 0 Å². The predicted octanol–water partition coefficient (Wildman–Crippen LogP) is 20.9. The van der Waals surface area contributed by atoms with E-state index in [4.69, 9.17) is 19.9 Å². The lowest BCUT2D eigenvalue weighted by Gasteiger charge is -2.19. The number of rotatable bonds is 9. The van der Waals surface area contributed by atoms with Gasteiger partial charge in [-0.2, -0.15) is 10.5 Å². The van der Waals surface area contributed by atoms with Crippen molar-refractivity contribution in [1.82, 2.24) is 19.9 Å². The second-order valence-electron chi connectivity index (χ2n) is 22.1. The van der Waals surface area contributed by atoms with Crippen LogP contribution in [0.2, 0.25) is 0 Å². The summed E-state index contributed by atoms with van der Waals surface area (Å²) >= 11 is 0. The maximum Gasteiger partial charge on any atom is 0.102 e. The highest BCUT2D eigenvalue weighted by molar-refractivity contribution is 6.21. The Balaban J connectivity index is 0.935. The molecule has 0 N–H and O–H groups in total. The standard InChI is InChI=1S/C82H48N6/c83-49-71-75(67-45-43-65-69(51-23-7-1-8-24-51)47-73(53-27-11-3-12-28-53)85-79(65)81(67)87-77(71)55-31-15-5-16-32-55)63-41-21-37-59-57(35-19-39-61(59)63)58-36-20-40-62-60(58)38-22-42-64(62)76-68-46-44-66-70(52-25-9-2-10-26-52)48-74(54-29-13-4-14-30-54)86-80(66)82(68)88-78(72(76)50-84)56-33-17-6-18-34-56/h1-48H. The van der Waals surface area contributed by atoms with Gasteiger partial charge in [-0.05, 0) is 78.2 Å². The monoisotopic (exact) mass is 1120 g/mol. The molecule has 4 aromatic heterocycles. The first-order chi connectivity index (χ1) is 43.6. The van der Waals surface area contributed by atoms with Crippen LogP contribution in [0.25, 0.3) is 166 Å². The van der Waals surface area contributed by atoms with Crippen LogP contribution in [0, 0.1) is 22.7 Å². The van der Waals surface area contributed by atoms with Crippen LogP contribution in [0.15, 0.2) is 291 Å². The summed E-state index contributed by atoms with van der Waals surface area (Å²) in [7, 11) is 0. The minimum absolute atomic E-state index is 0.483. The van der Waals surface area contributed by atoms with E-state index in [-0.39, 0.29) is 0 Å². The molecule has 0 aliphatic rings. The number of benzene rings is 12. The molecule has 0 amide bonds. The molecule has 4 heterocycles. The Labute approximate surface area is 507 Å². The zero-order valence-corrected chi connectivity index (χ0v) is 47.4. The molecule has 6 heteroatoms. The number of aromatic nitrogens is 4. The van der Waals surface area contributed by atoms with Gasteiger partial charge in [-0.3, -0.25) is 0 Å². The smallest absolute Gasteiger partial charge is 0.102 e. The maximum atomic E-state index is 11.5. The van der Waals surface area contributed by atoms with Crippen LogP contribution >= 0.6 is 0 Å². The minimum atomic E-state index is 0.483. The first kappa shape index (κ1) is 51.4. The number of hydrogen-bond acceptors (Lipinski definition) is 6. The topological polar surface area (TPSA) is 99.1 Å². The lowest BCUT2D eigenvalue weighted by atomic mass is 9.85. The predicted molar refractivity (Wildman–Crippen MR) is 361 cm³/mol. The fourth-order valence-electron chi connectivity index (χ4n) is 13.2. The lowest BCUT2D eigenvalue weighted by molar-refractivity contribution is 1.35. The van der Waals surface area contributed by atoms with Gasteiger partial charge in [-0.1, -0.05) is 279 Å². The molecule has 0 unspecified atom stereocenters. The summed E-state index contributed by atoms with van der Waals surface area (Å²) < 4.78 is 0. The van der Waals surface area contributed by atoms with E-state index < -0.39 is 0 Å². The van der Waals surface area contributed by atoms with Crippen LogP contribution in [0.3, 0.4) is 0 Å². The molecule has 16 rings (SSSR count). The number of nitriles is 2.